The second kappa shape index (κ2) is 9.76. The highest BCUT2D eigenvalue weighted by Crippen LogP contribution is 2.39. The number of nitro groups is 1. The van der Waals surface area contributed by atoms with Crippen molar-refractivity contribution < 1.29 is 31.3 Å². The molecule has 0 bridgehead atoms. The van der Waals surface area contributed by atoms with E-state index in [1.807, 2.05) is 28.8 Å². The topological polar surface area (TPSA) is 48.1 Å². The van der Waals surface area contributed by atoms with Crippen LogP contribution >= 0.6 is 0 Å². The van der Waals surface area contributed by atoms with E-state index in [0.29, 0.717) is 27.9 Å². The number of fused-ring (bicyclic) bond motifs is 3. The monoisotopic (exact) mass is 576 g/mol. The number of hydrogen-bond donors (Lipinski definition) is 0. The van der Waals surface area contributed by atoms with Gasteiger partial charge < -0.3 is 4.57 Å². The molecule has 0 aliphatic heterocycles. The van der Waals surface area contributed by atoms with Gasteiger partial charge in [0, 0.05) is 28.6 Å². The summed E-state index contributed by atoms with van der Waals surface area (Å²) in [5.41, 5.74) is 2.99. The molecule has 0 unspecified atom stereocenters. The third kappa shape index (κ3) is 4.85. The third-order valence-corrected chi connectivity index (χ3v) is 7.17. The lowest BCUT2D eigenvalue weighted by Crippen LogP contribution is -2.03. The van der Waals surface area contributed by atoms with Crippen molar-refractivity contribution in [2.75, 3.05) is 0 Å². The molecule has 1 heterocycles. The summed E-state index contributed by atoms with van der Waals surface area (Å²) in [7, 11) is 0. The van der Waals surface area contributed by atoms with Crippen LogP contribution in [-0.4, -0.2) is 9.49 Å². The fourth-order valence-corrected chi connectivity index (χ4v) is 5.09. The van der Waals surface area contributed by atoms with Gasteiger partial charge in [-0.05, 0) is 82.9 Å². The Morgan fingerprint density at radius 3 is 1.26 bits per heavy atom. The Labute approximate surface area is 234 Å². The fraction of sp³-hybridized carbons (Fsp3) is 0.0625. The second-order valence-electron chi connectivity index (χ2n) is 9.72. The van der Waals surface area contributed by atoms with Gasteiger partial charge in [0.1, 0.15) is 0 Å². The quantitative estimate of drug-likeness (QED) is 0.119. The van der Waals surface area contributed by atoms with E-state index in [-0.39, 0.29) is 5.69 Å². The SMILES string of the molecule is O=[N+]([O-])c1ccc(-n2c3ccc(-c4ccc(C(F)(F)F)cc4)cc3c3cc(-c4ccc(C(F)(F)F)cc4)ccc32)cc1. The smallest absolute Gasteiger partial charge is 0.309 e. The average molecular weight is 576 g/mol. The molecule has 0 radical (unpaired) electrons. The van der Waals surface area contributed by atoms with E-state index in [4.69, 9.17) is 0 Å². The van der Waals surface area contributed by atoms with Crippen LogP contribution in [0.2, 0.25) is 0 Å². The van der Waals surface area contributed by atoms with Crippen LogP contribution in [-0.2, 0) is 12.4 Å². The molecule has 0 saturated carbocycles. The second-order valence-corrected chi connectivity index (χ2v) is 9.72. The molecular weight excluding hydrogens is 558 g/mol. The summed E-state index contributed by atoms with van der Waals surface area (Å²) in [4.78, 5) is 10.7. The largest absolute Gasteiger partial charge is 0.416 e. The first-order valence-corrected chi connectivity index (χ1v) is 12.6. The molecule has 10 heteroatoms. The van der Waals surface area contributed by atoms with Crippen LogP contribution < -0.4 is 0 Å². The molecule has 0 fully saturated rings. The van der Waals surface area contributed by atoms with E-state index >= 15 is 0 Å². The van der Waals surface area contributed by atoms with Gasteiger partial charge in [-0.25, -0.2) is 0 Å². The summed E-state index contributed by atoms with van der Waals surface area (Å²) >= 11 is 0. The number of alkyl halides is 6. The van der Waals surface area contributed by atoms with Crippen molar-refractivity contribution in [1.29, 1.82) is 0 Å². The van der Waals surface area contributed by atoms with Gasteiger partial charge in [-0.3, -0.25) is 10.1 Å². The first kappa shape index (κ1) is 27.1. The number of non-ortho nitro benzene ring substituents is 1. The first-order valence-electron chi connectivity index (χ1n) is 12.6. The van der Waals surface area contributed by atoms with E-state index < -0.39 is 28.4 Å². The molecular formula is C32H18F6N2O2. The molecule has 0 amide bonds. The number of rotatable bonds is 4. The van der Waals surface area contributed by atoms with Crippen LogP contribution in [0.1, 0.15) is 11.1 Å². The summed E-state index contributed by atoms with van der Waals surface area (Å²) in [6, 6.07) is 26.6. The van der Waals surface area contributed by atoms with Gasteiger partial charge in [0.05, 0.1) is 27.1 Å². The lowest BCUT2D eigenvalue weighted by molar-refractivity contribution is -0.384. The highest BCUT2D eigenvalue weighted by Gasteiger charge is 2.31. The molecule has 6 rings (SSSR count). The molecule has 42 heavy (non-hydrogen) atoms. The van der Waals surface area contributed by atoms with Crippen molar-refractivity contribution in [2.45, 2.75) is 12.4 Å². The number of hydrogen-bond acceptors (Lipinski definition) is 2. The first-order chi connectivity index (χ1) is 19.9. The number of nitro benzene ring substituents is 1. The molecule has 5 aromatic carbocycles. The minimum absolute atomic E-state index is 0.0753. The number of nitrogens with zero attached hydrogens (tertiary/aromatic N) is 2. The molecule has 0 aliphatic rings. The van der Waals surface area contributed by atoms with Crippen LogP contribution in [0.5, 0.6) is 0 Å². The van der Waals surface area contributed by atoms with E-state index in [0.717, 1.165) is 46.1 Å². The maximum Gasteiger partial charge on any atom is 0.416 e. The van der Waals surface area contributed by atoms with Crippen LogP contribution in [0.4, 0.5) is 32.0 Å². The predicted molar refractivity (Wildman–Crippen MR) is 148 cm³/mol. The third-order valence-electron chi connectivity index (χ3n) is 7.17. The van der Waals surface area contributed by atoms with Crippen LogP contribution in [0.3, 0.4) is 0 Å². The Kier molecular flexibility index (Phi) is 6.29. The highest BCUT2D eigenvalue weighted by molar-refractivity contribution is 6.11. The Morgan fingerprint density at radius 1 is 0.524 bits per heavy atom. The zero-order chi connectivity index (χ0) is 29.8. The Balaban J connectivity index is 1.54. The normalized spacial score (nSPS) is 12.2. The number of benzene rings is 5. The van der Waals surface area contributed by atoms with Crippen molar-refractivity contribution in [3.8, 4) is 27.9 Å². The minimum atomic E-state index is -4.46. The van der Waals surface area contributed by atoms with Gasteiger partial charge in [-0.15, -0.1) is 0 Å². The molecule has 4 nitrogen and oxygen atoms in total. The standard InChI is InChI=1S/C32H18F6N2O2/c33-31(34,35)23-7-1-19(2-8-23)21-5-15-29-27(17-21)28-18-22(20-3-9-24(10-4-20)32(36,37)38)6-16-30(28)39(29)25-11-13-26(14-12-25)40(41)42/h1-18H. The molecule has 0 aliphatic carbocycles. The summed E-state index contributed by atoms with van der Waals surface area (Å²) in [6.07, 6.45) is -8.93. The molecule has 1 aromatic heterocycles. The zero-order valence-corrected chi connectivity index (χ0v) is 21.4. The fourth-order valence-electron chi connectivity index (χ4n) is 5.09. The molecule has 0 atom stereocenters. The number of halogens is 6. The van der Waals surface area contributed by atoms with E-state index in [2.05, 4.69) is 0 Å². The van der Waals surface area contributed by atoms with Crippen LogP contribution in [0.15, 0.2) is 109 Å². The van der Waals surface area contributed by atoms with Crippen molar-refractivity contribution in [2.24, 2.45) is 0 Å². The molecule has 6 aromatic rings. The summed E-state index contributed by atoms with van der Waals surface area (Å²) in [6.45, 7) is 0. The highest BCUT2D eigenvalue weighted by atomic mass is 19.4. The van der Waals surface area contributed by atoms with Crippen LogP contribution in [0.25, 0.3) is 49.7 Å². The van der Waals surface area contributed by atoms with E-state index in [1.165, 1.54) is 36.4 Å². The summed E-state index contributed by atoms with van der Waals surface area (Å²) < 4.78 is 80.5. The minimum Gasteiger partial charge on any atom is -0.309 e. The van der Waals surface area contributed by atoms with Gasteiger partial charge >= 0.3 is 12.4 Å². The predicted octanol–water partition coefficient (Wildman–Crippen LogP) is 10.1. The molecule has 210 valence electrons. The van der Waals surface area contributed by atoms with Gasteiger partial charge in [0.25, 0.3) is 5.69 Å². The van der Waals surface area contributed by atoms with E-state index in [9.17, 15) is 36.5 Å². The van der Waals surface area contributed by atoms with Crippen LogP contribution in [0, 0.1) is 10.1 Å². The maximum atomic E-state index is 13.1. The Hall–Kier alpha value is -5.12. The molecule has 0 saturated heterocycles. The van der Waals surface area contributed by atoms with Gasteiger partial charge in [-0.1, -0.05) is 36.4 Å². The van der Waals surface area contributed by atoms with Crippen molar-refractivity contribution >= 4 is 27.5 Å². The van der Waals surface area contributed by atoms with Gasteiger partial charge in [0.2, 0.25) is 0 Å². The lowest BCUT2D eigenvalue weighted by atomic mass is 9.99. The Morgan fingerprint density at radius 2 is 0.905 bits per heavy atom. The zero-order valence-electron chi connectivity index (χ0n) is 21.4. The number of aromatic nitrogens is 1. The van der Waals surface area contributed by atoms with Gasteiger partial charge in [0.15, 0.2) is 0 Å². The molecule has 0 N–H and O–H groups in total. The molecule has 0 spiro atoms. The van der Waals surface area contributed by atoms with Crippen molar-refractivity contribution in [3.63, 3.8) is 0 Å². The average Bonchev–Trinajstić information content (AvgIpc) is 3.29. The Bertz CT molecular complexity index is 1840. The maximum absolute atomic E-state index is 13.1. The van der Waals surface area contributed by atoms with Gasteiger partial charge in [-0.2, -0.15) is 26.3 Å². The lowest BCUT2D eigenvalue weighted by Gasteiger charge is -2.10. The van der Waals surface area contributed by atoms with Crippen molar-refractivity contribution in [3.05, 3.63) is 130 Å². The summed E-state index contributed by atoms with van der Waals surface area (Å²) in [5, 5.41) is 12.7. The van der Waals surface area contributed by atoms with E-state index in [1.54, 1.807) is 24.3 Å². The van der Waals surface area contributed by atoms with Crippen molar-refractivity contribution in [1.82, 2.24) is 4.57 Å². The summed E-state index contributed by atoms with van der Waals surface area (Å²) in [5.74, 6) is 0.